The van der Waals surface area contributed by atoms with Gasteiger partial charge in [0.05, 0.1) is 12.6 Å². The first-order chi connectivity index (χ1) is 10.2. The molecular formula is C17H24FNO3. The standard InChI is InChI=1S/C17H24FNO3/c1-11-5-6-12(18)9-14(11)13-7-8-19(10-15(13)20)16(21)22-17(2,3)4/h5-6,9,13,15,20H,7-8,10H2,1-4H3/t13-,15+/m0/s1. The number of benzene rings is 1. The number of aryl methyl sites for hydroxylation is 1. The van der Waals surface area contributed by atoms with Gasteiger partial charge in [-0.1, -0.05) is 6.07 Å². The van der Waals surface area contributed by atoms with E-state index in [2.05, 4.69) is 0 Å². The molecule has 1 aliphatic rings. The van der Waals surface area contributed by atoms with Crippen molar-refractivity contribution < 1.29 is 19.0 Å². The number of amides is 1. The summed E-state index contributed by atoms with van der Waals surface area (Å²) in [5, 5.41) is 10.4. The van der Waals surface area contributed by atoms with Crippen molar-refractivity contribution in [2.24, 2.45) is 0 Å². The first-order valence-electron chi connectivity index (χ1n) is 7.59. The van der Waals surface area contributed by atoms with Crippen molar-refractivity contribution in [1.82, 2.24) is 4.90 Å². The van der Waals surface area contributed by atoms with Gasteiger partial charge < -0.3 is 14.7 Å². The predicted molar refractivity (Wildman–Crippen MR) is 82.3 cm³/mol. The van der Waals surface area contributed by atoms with Crippen molar-refractivity contribution in [1.29, 1.82) is 0 Å². The summed E-state index contributed by atoms with van der Waals surface area (Å²) in [7, 11) is 0. The van der Waals surface area contributed by atoms with Crippen LogP contribution in [0.15, 0.2) is 18.2 Å². The number of carbonyl (C=O) groups is 1. The predicted octanol–water partition coefficient (Wildman–Crippen LogP) is 3.22. The quantitative estimate of drug-likeness (QED) is 0.866. The molecule has 0 saturated carbocycles. The van der Waals surface area contributed by atoms with Crippen molar-refractivity contribution in [2.75, 3.05) is 13.1 Å². The number of β-amino-alcohol motifs (C(OH)–C–C–N with tert-alkyl or cyclic N) is 1. The van der Waals surface area contributed by atoms with E-state index in [1.54, 1.807) is 6.07 Å². The Balaban J connectivity index is 2.07. The van der Waals surface area contributed by atoms with Gasteiger partial charge in [-0.3, -0.25) is 0 Å². The maximum atomic E-state index is 13.5. The Kier molecular flexibility index (Phi) is 4.75. The Hall–Kier alpha value is -1.62. The maximum Gasteiger partial charge on any atom is 0.410 e. The molecule has 1 heterocycles. The number of piperidine rings is 1. The third kappa shape index (κ3) is 3.97. The van der Waals surface area contributed by atoms with E-state index in [1.807, 2.05) is 27.7 Å². The van der Waals surface area contributed by atoms with Gasteiger partial charge in [-0.25, -0.2) is 9.18 Å². The van der Waals surface area contributed by atoms with E-state index in [-0.39, 0.29) is 18.3 Å². The summed E-state index contributed by atoms with van der Waals surface area (Å²) in [6.45, 7) is 8.03. The number of carbonyl (C=O) groups excluding carboxylic acids is 1. The average Bonchev–Trinajstić information content (AvgIpc) is 2.40. The molecule has 122 valence electrons. The van der Waals surface area contributed by atoms with Gasteiger partial charge in [0.15, 0.2) is 0 Å². The zero-order chi connectivity index (χ0) is 16.5. The van der Waals surface area contributed by atoms with E-state index in [1.165, 1.54) is 17.0 Å². The summed E-state index contributed by atoms with van der Waals surface area (Å²) in [6, 6.07) is 4.62. The number of aliphatic hydroxyl groups is 1. The normalized spacial score (nSPS) is 22.5. The van der Waals surface area contributed by atoms with Crippen LogP contribution >= 0.6 is 0 Å². The molecule has 1 aromatic rings. The van der Waals surface area contributed by atoms with Crippen LogP contribution < -0.4 is 0 Å². The van der Waals surface area contributed by atoms with Crippen molar-refractivity contribution in [3.8, 4) is 0 Å². The summed E-state index contributed by atoms with van der Waals surface area (Å²) in [6.07, 6.45) is -0.548. The van der Waals surface area contributed by atoms with Crippen LogP contribution in [0.1, 0.15) is 44.2 Å². The number of aliphatic hydroxyl groups excluding tert-OH is 1. The van der Waals surface area contributed by atoms with Crippen LogP contribution in [0.2, 0.25) is 0 Å². The van der Waals surface area contributed by atoms with Crippen LogP contribution in [0.3, 0.4) is 0 Å². The van der Waals surface area contributed by atoms with Crippen molar-refractivity contribution >= 4 is 6.09 Å². The van der Waals surface area contributed by atoms with Gasteiger partial charge in [0.1, 0.15) is 11.4 Å². The van der Waals surface area contributed by atoms with Gasteiger partial charge in [-0.2, -0.15) is 0 Å². The Morgan fingerprint density at radius 2 is 2.09 bits per heavy atom. The van der Waals surface area contributed by atoms with Crippen LogP contribution in [0.5, 0.6) is 0 Å². The molecule has 1 aliphatic heterocycles. The number of hydrogen-bond acceptors (Lipinski definition) is 3. The highest BCUT2D eigenvalue weighted by atomic mass is 19.1. The highest BCUT2D eigenvalue weighted by molar-refractivity contribution is 5.68. The summed E-state index contributed by atoms with van der Waals surface area (Å²) < 4.78 is 18.8. The molecule has 0 unspecified atom stereocenters. The molecule has 0 spiro atoms. The lowest BCUT2D eigenvalue weighted by atomic mass is 9.85. The molecule has 5 heteroatoms. The monoisotopic (exact) mass is 309 g/mol. The second kappa shape index (κ2) is 6.24. The highest BCUT2D eigenvalue weighted by Crippen LogP contribution is 2.31. The maximum absolute atomic E-state index is 13.5. The van der Waals surface area contributed by atoms with Crippen LogP contribution in [0.4, 0.5) is 9.18 Å². The lowest BCUT2D eigenvalue weighted by Gasteiger charge is -2.37. The minimum Gasteiger partial charge on any atom is -0.444 e. The van der Waals surface area contributed by atoms with E-state index < -0.39 is 17.8 Å². The molecule has 2 atom stereocenters. The fourth-order valence-electron chi connectivity index (χ4n) is 2.80. The number of halogens is 1. The van der Waals surface area contributed by atoms with E-state index >= 15 is 0 Å². The number of nitrogens with zero attached hydrogens (tertiary/aromatic N) is 1. The average molecular weight is 309 g/mol. The van der Waals surface area contributed by atoms with E-state index in [0.717, 1.165) is 11.1 Å². The third-order valence-electron chi connectivity index (χ3n) is 3.87. The summed E-state index contributed by atoms with van der Waals surface area (Å²) in [5.41, 5.74) is 1.21. The minimum atomic E-state index is -0.721. The van der Waals surface area contributed by atoms with Crippen LogP contribution in [0, 0.1) is 12.7 Å². The molecule has 1 amide bonds. The first kappa shape index (κ1) is 16.7. The first-order valence-corrected chi connectivity index (χ1v) is 7.59. The number of likely N-dealkylation sites (tertiary alicyclic amines) is 1. The fourth-order valence-corrected chi connectivity index (χ4v) is 2.80. The smallest absolute Gasteiger partial charge is 0.410 e. The van der Waals surface area contributed by atoms with Crippen molar-refractivity contribution in [2.45, 2.75) is 51.7 Å². The van der Waals surface area contributed by atoms with Crippen LogP contribution in [0.25, 0.3) is 0 Å². The molecule has 1 saturated heterocycles. The molecule has 0 radical (unpaired) electrons. The SMILES string of the molecule is Cc1ccc(F)cc1[C@@H]1CCN(C(=O)OC(C)(C)C)C[C@H]1O. The minimum absolute atomic E-state index is 0.158. The van der Waals surface area contributed by atoms with Crippen molar-refractivity contribution in [3.05, 3.63) is 35.1 Å². The largest absolute Gasteiger partial charge is 0.444 e. The molecule has 4 nitrogen and oxygen atoms in total. The zero-order valence-electron chi connectivity index (χ0n) is 13.6. The lowest BCUT2D eigenvalue weighted by molar-refractivity contribution is -0.00159. The topological polar surface area (TPSA) is 49.8 Å². The fraction of sp³-hybridized carbons (Fsp3) is 0.588. The number of ether oxygens (including phenoxy) is 1. The second-order valence-corrected chi connectivity index (χ2v) is 6.89. The van der Waals surface area contributed by atoms with E-state index in [9.17, 15) is 14.3 Å². The van der Waals surface area contributed by atoms with Crippen LogP contribution in [-0.4, -0.2) is 40.9 Å². The molecule has 0 aromatic heterocycles. The Morgan fingerprint density at radius 3 is 2.68 bits per heavy atom. The number of hydrogen-bond donors (Lipinski definition) is 1. The molecule has 0 bridgehead atoms. The van der Waals surface area contributed by atoms with Gasteiger partial charge in [-0.15, -0.1) is 0 Å². The van der Waals surface area contributed by atoms with Gasteiger partial charge in [0.2, 0.25) is 0 Å². The molecule has 1 N–H and O–H groups in total. The Labute approximate surface area is 130 Å². The van der Waals surface area contributed by atoms with Gasteiger partial charge in [0, 0.05) is 12.5 Å². The van der Waals surface area contributed by atoms with Gasteiger partial charge >= 0.3 is 6.09 Å². The summed E-state index contributed by atoms with van der Waals surface area (Å²) >= 11 is 0. The molecule has 1 aromatic carbocycles. The third-order valence-corrected chi connectivity index (χ3v) is 3.87. The van der Waals surface area contributed by atoms with Gasteiger partial charge in [0.25, 0.3) is 0 Å². The molecule has 2 rings (SSSR count). The van der Waals surface area contributed by atoms with E-state index in [4.69, 9.17) is 4.74 Å². The zero-order valence-corrected chi connectivity index (χ0v) is 13.6. The Bertz CT molecular complexity index is 553. The van der Waals surface area contributed by atoms with Gasteiger partial charge in [-0.05, 0) is 57.4 Å². The van der Waals surface area contributed by atoms with Crippen LogP contribution in [-0.2, 0) is 4.74 Å². The molecule has 22 heavy (non-hydrogen) atoms. The highest BCUT2D eigenvalue weighted by Gasteiger charge is 2.33. The Morgan fingerprint density at radius 1 is 1.41 bits per heavy atom. The summed E-state index contributed by atoms with van der Waals surface area (Å²) in [5.74, 6) is -0.461. The number of rotatable bonds is 1. The second-order valence-electron chi connectivity index (χ2n) is 6.89. The molecule has 1 fully saturated rings. The molecule has 0 aliphatic carbocycles. The molecular weight excluding hydrogens is 285 g/mol. The summed E-state index contributed by atoms with van der Waals surface area (Å²) in [4.78, 5) is 13.6. The van der Waals surface area contributed by atoms with Crippen molar-refractivity contribution in [3.63, 3.8) is 0 Å². The van der Waals surface area contributed by atoms with E-state index in [0.29, 0.717) is 13.0 Å². The lowest BCUT2D eigenvalue weighted by Crippen LogP contribution is -2.47.